The molecule has 1 aliphatic rings. The fraction of sp³-hybridized carbons (Fsp3) is 0.385. The molecular formula is C13H13F2NO3. The molecule has 0 saturated heterocycles. The number of benzene rings is 1. The zero-order valence-corrected chi connectivity index (χ0v) is 10.1. The summed E-state index contributed by atoms with van der Waals surface area (Å²) in [5.74, 6) is -3.15. The fourth-order valence-corrected chi connectivity index (χ4v) is 2.21. The smallest absolute Gasteiger partial charge is 0.310 e. The third kappa shape index (κ3) is 2.89. The van der Waals surface area contributed by atoms with Gasteiger partial charge in [0.1, 0.15) is 11.6 Å². The Morgan fingerprint density at radius 3 is 2.21 bits per heavy atom. The number of halogens is 2. The van der Waals surface area contributed by atoms with Gasteiger partial charge in [0.05, 0.1) is 5.41 Å². The average Bonchev–Trinajstić information content (AvgIpc) is 2.21. The molecule has 19 heavy (non-hydrogen) atoms. The van der Waals surface area contributed by atoms with E-state index in [0.717, 1.165) is 18.6 Å². The third-order valence-electron chi connectivity index (χ3n) is 3.41. The predicted molar refractivity (Wildman–Crippen MR) is 63.5 cm³/mol. The van der Waals surface area contributed by atoms with Gasteiger partial charge >= 0.3 is 5.97 Å². The van der Waals surface area contributed by atoms with E-state index in [0.29, 0.717) is 18.9 Å². The first kappa shape index (κ1) is 13.5. The molecule has 0 radical (unpaired) electrons. The van der Waals surface area contributed by atoms with E-state index in [9.17, 15) is 18.4 Å². The second-order valence-electron chi connectivity index (χ2n) is 4.82. The van der Waals surface area contributed by atoms with Crippen LogP contribution in [0, 0.1) is 17.0 Å². The van der Waals surface area contributed by atoms with E-state index in [1.165, 1.54) is 0 Å². The maximum atomic E-state index is 12.9. The van der Waals surface area contributed by atoms with Crippen LogP contribution in [0.2, 0.25) is 0 Å². The molecule has 6 heteroatoms. The summed E-state index contributed by atoms with van der Waals surface area (Å²) in [6.07, 6.45) is 1.50. The van der Waals surface area contributed by atoms with Crippen molar-refractivity contribution in [3.63, 3.8) is 0 Å². The van der Waals surface area contributed by atoms with Crippen LogP contribution in [0.4, 0.5) is 14.5 Å². The minimum Gasteiger partial charge on any atom is -0.481 e. The monoisotopic (exact) mass is 269 g/mol. The third-order valence-corrected chi connectivity index (χ3v) is 3.41. The fourth-order valence-electron chi connectivity index (χ4n) is 2.21. The first-order chi connectivity index (χ1) is 8.91. The summed E-state index contributed by atoms with van der Waals surface area (Å²) in [4.78, 5) is 22.8. The summed E-state index contributed by atoms with van der Waals surface area (Å²) in [5, 5.41) is 11.4. The van der Waals surface area contributed by atoms with Crippen molar-refractivity contribution in [1.29, 1.82) is 0 Å². The number of rotatable bonds is 4. The summed E-state index contributed by atoms with van der Waals surface area (Å²) in [7, 11) is 0. The Morgan fingerprint density at radius 1 is 1.21 bits per heavy atom. The number of carbonyl (C=O) groups is 2. The van der Waals surface area contributed by atoms with Crippen LogP contribution in [0.25, 0.3) is 0 Å². The standard InChI is InChI=1S/C13H13F2NO3/c14-8-4-9(15)6-10(5-8)16-11(17)7-13(12(18)19)2-1-3-13/h4-6H,1-3,7H2,(H,16,17)(H,18,19). The van der Waals surface area contributed by atoms with Gasteiger partial charge in [0.15, 0.2) is 0 Å². The van der Waals surface area contributed by atoms with Crippen molar-refractivity contribution in [3.05, 3.63) is 29.8 Å². The molecule has 0 bridgehead atoms. The van der Waals surface area contributed by atoms with Crippen molar-refractivity contribution in [2.75, 3.05) is 5.32 Å². The van der Waals surface area contributed by atoms with Gasteiger partial charge in [-0.25, -0.2) is 8.78 Å². The topological polar surface area (TPSA) is 66.4 Å². The summed E-state index contributed by atoms with van der Waals surface area (Å²) in [6.45, 7) is 0. The molecule has 2 rings (SSSR count). The summed E-state index contributed by atoms with van der Waals surface area (Å²) >= 11 is 0. The van der Waals surface area contributed by atoms with Gasteiger partial charge in [-0.3, -0.25) is 9.59 Å². The first-order valence-corrected chi connectivity index (χ1v) is 5.91. The quantitative estimate of drug-likeness (QED) is 0.882. The largest absolute Gasteiger partial charge is 0.481 e. The molecule has 1 aliphatic carbocycles. The van der Waals surface area contributed by atoms with E-state index in [-0.39, 0.29) is 12.1 Å². The van der Waals surface area contributed by atoms with Crippen molar-refractivity contribution in [3.8, 4) is 0 Å². The van der Waals surface area contributed by atoms with Crippen molar-refractivity contribution in [2.45, 2.75) is 25.7 Å². The lowest BCUT2D eigenvalue weighted by atomic mass is 9.66. The first-order valence-electron chi connectivity index (χ1n) is 5.91. The van der Waals surface area contributed by atoms with Crippen LogP contribution in [-0.2, 0) is 9.59 Å². The lowest BCUT2D eigenvalue weighted by Crippen LogP contribution is -2.41. The number of carboxylic acids is 1. The van der Waals surface area contributed by atoms with E-state index >= 15 is 0 Å². The van der Waals surface area contributed by atoms with Crippen molar-refractivity contribution in [1.82, 2.24) is 0 Å². The zero-order chi connectivity index (χ0) is 14.0. The highest BCUT2D eigenvalue weighted by molar-refractivity contribution is 5.94. The van der Waals surface area contributed by atoms with Gasteiger partial charge in [0.25, 0.3) is 0 Å². The number of carboxylic acid groups (broad SMARTS) is 1. The number of aliphatic carboxylic acids is 1. The number of hydrogen-bond donors (Lipinski definition) is 2. The molecule has 1 aromatic rings. The Labute approximate surface area is 108 Å². The van der Waals surface area contributed by atoms with E-state index in [4.69, 9.17) is 5.11 Å². The lowest BCUT2D eigenvalue weighted by molar-refractivity contribution is -0.157. The van der Waals surface area contributed by atoms with Gasteiger partial charge in [-0.05, 0) is 25.0 Å². The van der Waals surface area contributed by atoms with E-state index in [1.54, 1.807) is 0 Å². The Morgan fingerprint density at radius 2 is 1.79 bits per heavy atom. The highest BCUT2D eigenvalue weighted by Gasteiger charge is 2.45. The molecule has 0 aromatic heterocycles. The lowest BCUT2D eigenvalue weighted by Gasteiger charge is -2.36. The summed E-state index contributed by atoms with van der Waals surface area (Å²) in [6, 6.07) is 2.66. The minimum atomic E-state index is -1.02. The molecule has 0 heterocycles. The summed E-state index contributed by atoms with van der Waals surface area (Å²) in [5.41, 5.74) is -1.03. The SMILES string of the molecule is O=C(CC1(C(=O)O)CCC1)Nc1cc(F)cc(F)c1. The van der Waals surface area contributed by atoms with Crippen molar-refractivity contribution >= 4 is 17.6 Å². The van der Waals surface area contributed by atoms with Crippen molar-refractivity contribution in [2.24, 2.45) is 5.41 Å². The van der Waals surface area contributed by atoms with Gasteiger partial charge in [-0.2, -0.15) is 0 Å². The zero-order valence-electron chi connectivity index (χ0n) is 10.1. The minimum absolute atomic E-state index is 0.0117. The summed E-state index contributed by atoms with van der Waals surface area (Å²) < 4.78 is 25.9. The van der Waals surface area contributed by atoms with Crippen LogP contribution >= 0.6 is 0 Å². The molecule has 0 unspecified atom stereocenters. The predicted octanol–water partition coefficient (Wildman–Crippen LogP) is 2.55. The molecule has 1 fully saturated rings. The van der Waals surface area contributed by atoms with E-state index in [1.807, 2.05) is 0 Å². The number of hydrogen-bond acceptors (Lipinski definition) is 2. The number of anilines is 1. The molecule has 102 valence electrons. The maximum absolute atomic E-state index is 12.9. The molecule has 4 nitrogen and oxygen atoms in total. The molecular weight excluding hydrogens is 256 g/mol. The van der Waals surface area contributed by atoms with E-state index < -0.39 is 28.9 Å². The Balaban J connectivity index is 2.03. The normalized spacial score (nSPS) is 16.5. The molecule has 1 amide bonds. The molecule has 2 N–H and O–H groups in total. The molecule has 1 aromatic carbocycles. The average molecular weight is 269 g/mol. The molecule has 1 saturated carbocycles. The number of nitrogens with one attached hydrogen (secondary N) is 1. The number of carbonyl (C=O) groups excluding carboxylic acids is 1. The van der Waals surface area contributed by atoms with Gasteiger partial charge < -0.3 is 10.4 Å². The van der Waals surface area contributed by atoms with Gasteiger partial charge in [-0.1, -0.05) is 6.42 Å². The highest BCUT2D eigenvalue weighted by Crippen LogP contribution is 2.44. The number of amides is 1. The highest BCUT2D eigenvalue weighted by atomic mass is 19.1. The van der Waals surface area contributed by atoms with E-state index in [2.05, 4.69) is 5.32 Å². The van der Waals surface area contributed by atoms with Crippen LogP contribution in [0.5, 0.6) is 0 Å². The Hall–Kier alpha value is -1.98. The second kappa shape index (κ2) is 4.95. The second-order valence-corrected chi connectivity index (χ2v) is 4.82. The molecule has 0 aliphatic heterocycles. The van der Waals surface area contributed by atoms with Crippen LogP contribution in [0.3, 0.4) is 0 Å². The van der Waals surface area contributed by atoms with Crippen LogP contribution < -0.4 is 5.32 Å². The Kier molecular flexibility index (Phi) is 3.50. The molecule has 0 atom stereocenters. The Bertz CT molecular complexity index is 506. The van der Waals surface area contributed by atoms with Crippen LogP contribution in [0.15, 0.2) is 18.2 Å². The van der Waals surface area contributed by atoms with Crippen molar-refractivity contribution < 1.29 is 23.5 Å². The van der Waals surface area contributed by atoms with Gasteiger partial charge in [0.2, 0.25) is 5.91 Å². The van der Waals surface area contributed by atoms with Crippen LogP contribution in [0.1, 0.15) is 25.7 Å². The maximum Gasteiger partial charge on any atom is 0.310 e. The molecule has 0 spiro atoms. The van der Waals surface area contributed by atoms with Crippen LogP contribution in [-0.4, -0.2) is 17.0 Å². The van der Waals surface area contributed by atoms with Gasteiger partial charge in [-0.15, -0.1) is 0 Å². The van der Waals surface area contributed by atoms with Gasteiger partial charge in [0, 0.05) is 18.2 Å².